The fourth-order valence-corrected chi connectivity index (χ4v) is 3.45. The summed E-state index contributed by atoms with van der Waals surface area (Å²) < 4.78 is 13.1. The van der Waals surface area contributed by atoms with Crippen LogP contribution in [0.1, 0.15) is 37.2 Å². The monoisotopic (exact) mass is 385 g/mol. The summed E-state index contributed by atoms with van der Waals surface area (Å²) in [5.41, 5.74) is 1.42. The van der Waals surface area contributed by atoms with E-state index in [1.165, 1.54) is 12.1 Å². The standard InChI is InChI=1S/C21H28FN5O/c1-3-11-27(12-4-2)21-23-10-9-19(24-21)20(28)26-15-13-25(14-16-26)18-7-5-17(22)6-8-18/h5-10H,3-4,11-16H2,1-2H3. The van der Waals surface area contributed by atoms with E-state index in [-0.39, 0.29) is 11.7 Å². The quantitative estimate of drug-likeness (QED) is 0.733. The van der Waals surface area contributed by atoms with Crippen molar-refractivity contribution >= 4 is 17.5 Å². The number of benzene rings is 1. The van der Waals surface area contributed by atoms with Gasteiger partial charge in [0.2, 0.25) is 5.95 Å². The first-order valence-corrected chi connectivity index (χ1v) is 10.00. The number of carbonyl (C=O) groups excluding carboxylic acids is 1. The van der Waals surface area contributed by atoms with Gasteiger partial charge >= 0.3 is 0 Å². The first-order chi connectivity index (χ1) is 13.6. The zero-order chi connectivity index (χ0) is 19.9. The highest BCUT2D eigenvalue weighted by Gasteiger charge is 2.24. The summed E-state index contributed by atoms with van der Waals surface area (Å²) in [6.45, 7) is 8.66. The highest BCUT2D eigenvalue weighted by Crippen LogP contribution is 2.18. The van der Waals surface area contributed by atoms with Gasteiger partial charge in [0.05, 0.1) is 0 Å². The van der Waals surface area contributed by atoms with Gasteiger partial charge in [0.25, 0.3) is 5.91 Å². The molecule has 1 saturated heterocycles. The Balaban J connectivity index is 1.64. The van der Waals surface area contributed by atoms with Gasteiger partial charge in [-0.25, -0.2) is 14.4 Å². The molecule has 28 heavy (non-hydrogen) atoms. The average molecular weight is 385 g/mol. The second kappa shape index (κ2) is 9.48. The van der Waals surface area contributed by atoms with E-state index in [1.807, 2.05) is 4.90 Å². The molecule has 6 nitrogen and oxygen atoms in total. The molecule has 1 aliphatic rings. The Morgan fingerprint density at radius 2 is 1.68 bits per heavy atom. The number of halogens is 1. The fraction of sp³-hybridized carbons (Fsp3) is 0.476. The summed E-state index contributed by atoms with van der Waals surface area (Å²) in [4.78, 5) is 28.0. The molecule has 1 amide bonds. The van der Waals surface area contributed by atoms with Gasteiger partial charge in [-0.2, -0.15) is 0 Å². The largest absolute Gasteiger partial charge is 0.368 e. The summed E-state index contributed by atoms with van der Waals surface area (Å²) in [7, 11) is 0. The van der Waals surface area contributed by atoms with Crippen LogP contribution >= 0.6 is 0 Å². The molecule has 0 spiro atoms. The molecule has 1 aliphatic heterocycles. The van der Waals surface area contributed by atoms with Crippen LogP contribution in [-0.2, 0) is 0 Å². The molecule has 0 N–H and O–H groups in total. The van der Waals surface area contributed by atoms with Crippen molar-refractivity contribution in [3.8, 4) is 0 Å². The second-order valence-electron chi connectivity index (χ2n) is 6.98. The topological polar surface area (TPSA) is 52.6 Å². The van der Waals surface area contributed by atoms with E-state index in [4.69, 9.17) is 0 Å². The van der Waals surface area contributed by atoms with E-state index >= 15 is 0 Å². The molecule has 0 atom stereocenters. The number of aromatic nitrogens is 2. The molecule has 0 saturated carbocycles. The molecule has 7 heteroatoms. The summed E-state index contributed by atoms with van der Waals surface area (Å²) >= 11 is 0. The van der Waals surface area contributed by atoms with Crippen LogP contribution in [0.5, 0.6) is 0 Å². The van der Waals surface area contributed by atoms with Crippen molar-refractivity contribution in [2.45, 2.75) is 26.7 Å². The molecule has 0 radical (unpaired) electrons. The minimum absolute atomic E-state index is 0.0599. The van der Waals surface area contributed by atoms with Crippen LogP contribution in [-0.4, -0.2) is 60.0 Å². The van der Waals surface area contributed by atoms with Gasteiger partial charge in [-0.15, -0.1) is 0 Å². The summed E-state index contributed by atoms with van der Waals surface area (Å²) in [5.74, 6) is 0.326. The van der Waals surface area contributed by atoms with Gasteiger partial charge in [0.15, 0.2) is 0 Å². The van der Waals surface area contributed by atoms with Crippen LogP contribution < -0.4 is 9.80 Å². The zero-order valence-corrected chi connectivity index (χ0v) is 16.6. The number of amides is 1. The maximum absolute atomic E-state index is 13.1. The number of nitrogens with zero attached hydrogens (tertiary/aromatic N) is 5. The minimum atomic E-state index is -0.239. The number of hydrogen-bond donors (Lipinski definition) is 0. The third kappa shape index (κ3) is 4.77. The van der Waals surface area contributed by atoms with Gasteiger partial charge in [-0.1, -0.05) is 13.8 Å². The maximum Gasteiger partial charge on any atom is 0.272 e. The minimum Gasteiger partial charge on any atom is -0.368 e. The maximum atomic E-state index is 13.1. The van der Waals surface area contributed by atoms with Crippen LogP contribution in [0.2, 0.25) is 0 Å². The Bertz CT molecular complexity index is 769. The van der Waals surface area contributed by atoms with Gasteiger partial charge in [0.1, 0.15) is 11.5 Å². The van der Waals surface area contributed by atoms with E-state index in [2.05, 4.69) is 33.6 Å². The van der Waals surface area contributed by atoms with Crippen molar-refractivity contribution in [1.82, 2.24) is 14.9 Å². The number of hydrogen-bond acceptors (Lipinski definition) is 5. The highest BCUT2D eigenvalue weighted by molar-refractivity contribution is 5.92. The Morgan fingerprint density at radius 3 is 2.29 bits per heavy atom. The van der Waals surface area contributed by atoms with Crippen LogP contribution in [0.3, 0.4) is 0 Å². The van der Waals surface area contributed by atoms with Crippen molar-refractivity contribution in [1.29, 1.82) is 0 Å². The molecular formula is C21H28FN5O. The van der Waals surface area contributed by atoms with E-state index in [0.717, 1.165) is 31.6 Å². The lowest BCUT2D eigenvalue weighted by Gasteiger charge is -2.36. The predicted molar refractivity (Wildman–Crippen MR) is 109 cm³/mol. The van der Waals surface area contributed by atoms with Crippen LogP contribution in [0.4, 0.5) is 16.0 Å². The summed E-state index contributed by atoms with van der Waals surface area (Å²) in [6.07, 6.45) is 3.68. The Kier molecular flexibility index (Phi) is 6.79. The molecular weight excluding hydrogens is 357 g/mol. The van der Waals surface area contributed by atoms with Crippen molar-refractivity contribution in [2.75, 3.05) is 49.1 Å². The third-order valence-electron chi connectivity index (χ3n) is 4.89. The molecule has 0 aliphatic carbocycles. The molecule has 2 aromatic rings. The van der Waals surface area contributed by atoms with Gasteiger partial charge in [-0.3, -0.25) is 4.79 Å². The lowest BCUT2D eigenvalue weighted by atomic mass is 10.2. The molecule has 0 bridgehead atoms. The van der Waals surface area contributed by atoms with E-state index in [1.54, 1.807) is 24.4 Å². The number of anilines is 2. The highest BCUT2D eigenvalue weighted by atomic mass is 19.1. The molecule has 1 aromatic heterocycles. The molecule has 2 heterocycles. The Morgan fingerprint density at radius 1 is 1.04 bits per heavy atom. The van der Waals surface area contributed by atoms with Gasteiger partial charge in [0, 0.05) is 51.2 Å². The molecule has 1 aromatic carbocycles. The van der Waals surface area contributed by atoms with Crippen molar-refractivity contribution < 1.29 is 9.18 Å². The first kappa shape index (κ1) is 20.0. The molecule has 1 fully saturated rings. The van der Waals surface area contributed by atoms with Crippen LogP contribution in [0, 0.1) is 5.82 Å². The van der Waals surface area contributed by atoms with Crippen LogP contribution in [0.15, 0.2) is 36.5 Å². The SMILES string of the molecule is CCCN(CCC)c1nccc(C(=O)N2CCN(c3ccc(F)cc3)CC2)n1. The Hall–Kier alpha value is -2.70. The zero-order valence-electron chi connectivity index (χ0n) is 16.6. The third-order valence-corrected chi connectivity index (χ3v) is 4.89. The van der Waals surface area contributed by atoms with Crippen molar-refractivity contribution in [3.63, 3.8) is 0 Å². The number of piperazine rings is 1. The lowest BCUT2D eigenvalue weighted by Crippen LogP contribution is -2.49. The van der Waals surface area contributed by atoms with E-state index in [0.29, 0.717) is 37.8 Å². The molecule has 3 rings (SSSR count). The normalized spacial score (nSPS) is 14.2. The Labute approximate surface area is 166 Å². The van der Waals surface area contributed by atoms with E-state index < -0.39 is 0 Å². The fourth-order valence-electron chi connectivity index (χ4n) is 3.45. The summed E-state index contributed by atoms with van der Waals surface area (Å²) in [5, 5.41) is 0. The van der Waals surface area contributed by atoms with Crippen molar-refractivity contribution in [2.24, 2.45) is 0 Å². The second-order valence-corrected chi connectivity index (χ2v) is 6.98. The molecule has 0 unspecified atom stereocenters. The van der Waals surface area contributed by atoms with Crippen molar-refractivity contribution in [3.05, 3.63) is 48.0 Å². The van der Waals surface area contributed by atoms with E-state index in [9.17, 15) is 9.18 Å². The summed E-state index contributed by atoms with van der Waals surface area (Å²) in [6, 6.07) is 8.18. The number of rotatable bonds is 7. The average Bonchev–Trinajstić information content (AvgIpc) is 2.74. The van der Waals surface area contributed by atoms with Gasteiger partial charge < -0.3 is 14.7 Å². The lowest BCUT2D eigenvalue weighted by molar-refractivity contribution is 0.0740. The first-order valence-electron chi connectivity index (χ1n) is 10.00. The predicted octanol–water partition coefficient (Wildman–Crippen LogP) is 3.20. The molecule has 150 valence electrons. The smallest absolute Gasteiger partial charge is 0.272 e. The van der Waals surface area contributed by atoms with Gasteiger partial charge in [-0.05, 0) is 43.2 Å². The van der Waals surface area contributed by atoms with Crippen LogP contribution in [0.25, 0.3) is 0 Å². The number of carbonyl (C=O) groups is 1.